The molecule has 0 aromatic heterocycles. The third-order valence-corrected chi connectivity index (χ3v) is 4.01. The first-order valence-electron chi connectivity index (χ1n) is 8.16. The molecule has 1 aromatic carbocycles. The van der Waals surface area contributed by atoms with E-state index in [0.29, 0.717) is 6.61 Å². The Morgan fingerprint density at radius 1 is 1.18 bits per heavy atom. The fraction of sp³-hybridized carbons (Fsp3) is 0.632. The summed E-state index contributed by atoms with van der Waals surface area (Å²) < 4.78 is 10.9. The molecular weight excluding hydrogens is 276 g/mol. The van der Waals surface area contributed by atoms with Gasteiger partial charge in [-0.2, -0.15) is 0 Å². The molecule has 0 N–H and O–H groups in total. The monoisotopic (exact) mass is 306 g/mol. The summed E-state index contributed by atoms with van der Waals surface area (Å²) in [5.74, 6) is 0.641. The average molecular weight is 306 g/mol. The summed E-state index contributed by atoms with van der Waals surface area (Å²) >= 11 is 0. The highest BCUT2D eigenvalue weighted by Crippen LogP contribution is 2.44. The van der Waals surface area contributed by atoms with Crippen molar-refractivity contribution >= 4 is 5.97 Å². The highest BCUT2D eigenvalue weighted by Gasteiger charge is 2.40. The molecule has 3 nitrogen and oxygen atoms in total. The lowest BCUT2D eigenvalue weighted by Gasteiger charge is -2.36. The molecule has 0 spiro atoms. The lowest BCUT2D eigenvalue weighted by atomic mass is 9.69. The first-order chi connectivity index (χ1) is 10.4. The van der Waals surface area contributed by atoms with Crippen molar-refractivity contribution in [2.24, 2.45) is 11.3 Å². The van der Waals surface area contributed by atoms with Crippen LogP contribution >= 0.6 is 0 Å². The van der Waals surface area contributed by atoms with Crippen LogP contribution in [0.15, 0.2) is 24.3 Å². The Hall–Kier alpha value is -1.51. The summed E-state index contributed by atoms with van der Waals surface area (Å²) in [5.41, 5.74) is 0.923. The Balaban J connectivity index is 3.32. The summed E-state index contributed by atoms with van der Waals surface area (Å²) in [6.45, 7) is 10.7. The summed E-state index contributed by atoms with van der Waals surface area (Å²) in [6, 6.07) is 7.99. The van der Waals surface area contributed by atoms with E-state index in [2.05, 4.69) is 33.8 Å². The number of para-hydroxylation sites is 1. The number of methoxy groups -OCH3 is 1. The average Bonchev–Trinajstić information content (AvgIpc) is 2.45. The van der Waals surface area contributed by atoms with Gasteiger partial charge in [0.15, 0.2) is 0 Å². The van der Waals surface area contributed by atoms with Crippen molar-refractivity contribution in [1.29, 1.82) is 0 Å². The number of ether oxygens (including phenoxy) is 2. The normalized spacial score (nSPS) is 14.3. The molecule has 0 bridgehead atoms. The Kier molecular flexibility index (Phi) is 6.92. The van der Waals surface area contributed by atoms with Gasteiger partial charge in [-0.15, -0.1) is 0 Å². The Morgan fingerprint density at radius 2 is 1.82 bits per heavy atom. The Labute approximate surface area is 135 Å². The third-order valence-electron chi connectivity index (χ3n) is 4.01. The topological polar surface area (TPSA) is 35.5 Å². The number of rotatable bonds is 7. The highest BCUT2D eigenvalue weighted by molar-refractivity contribution is 5.75. The van der Waals surface area contributed by atoms with Gasteiger partial charge in [-0.1, -0.05) is 52.3 Å². The van der Waals surface area contributed by atoms with E-state index >= 15 is 0 Å². The van der Waals surface area contributed by atoms with E-state index in [0.717, 1.165) is 24.2 Å². The van der Waals surface area contributed by atoms with Crippen molar-refractivity contribution in [3.05, 3.63) is 29.8 Å². The molecule has 0 fully saturated rings. The van der Waals surface area contributed by atoms with Crippen molar-refractivity contribution in [2.45, 2.75) is 53.4 Å². The van der Waals surface area contributed by atoms with E-state index in [4.69, 9.17) is 9.47 Å². The van der Waals surface area contributed by atoms with Gasteiger partial charge >= 0.3 is 5.97 Å². The minimum Gasteiger partial charge on any atom is -0.496 e. The summed E-state index contributed by atoms with van der Waals surface area (Å²) in [4.78, 5) is 12.6. The van der Waals surface area contributed by atoms with Gasteiger partial charge in [0, 0.05) is 5.92 Å². The maximum absolute atomic E-state index is 12.6. The molecular formula is C19H30O3. The SMILES string of the molecule is CCCC(c1ccccc1OC)C(C(=O)OCC)C(C)(C)C. The smallest absolute Gasteiger partial charge is 0.310 e. The molecule has 2 unspecified atom stereocenters. The van der Waals surface area contributed by atoms with E-state index in [-0.39, 0.29) is 23.2 Å². The highest BCUT2D eigenvalue weighted by atomic mass is 16.5. The van der Waals surface area contributed by atoms with Gasteiger partial charge in [-0.25, -0.2) is 0 Å². The second-order valence-corrected chi connectivity index (χ2v) is 6.73. The number of esters is 1. The van der Waals surface area contributed by atoms with Gasteiger partial charge in [0.1, 0.15) is 5.75 Å². The van der Waals surface area contributed by atoms with Crippen molar-refractivity contribution in [3.63, 3.8) is 0 Å². The predicted molar refractivity (Wildman–Crippen MR) is 90.2 cm³/mol. The lowest BCUT2D eigenvalue weighted by Crippen LogP contribution is -2.35. The number of carbonyl (C=O) groups is 1. The van der Waals surface area contributed by atoms with Crippen LogP contribution in [0.3, 0.4) is 0 Å². The summed E-state index contributed by atoms with van der Waals surface area (Å²) in [5, 5.41) is 0. The second kappa shape index (κ2) is 8.21. The summed E-state index contributed by atoms with van der Waals surface area (Å²) in [6.07, 6.45) is 1.94. The number of hydrogen-bond donors (Lipinski definition) is 0. The molecule has 1 rings (SSSR count). The van der Waals surface area contributed by atoms with E-state index in [1.54, 1.807) is 7.11 Å². The maximum atomic E-state index is 12.6. The van der Waals surface area contributed by atoms with Crippen molar-refractivity contribution in [1.82, 2.24) is 0 Å². The standard InChI is InChI=1S/C19H30O3/c1-7-11-15(14-12-9-10-13-16(14)21-6)17(19(3,4)5)18(20)22-8-2/h9-10,12-13,15,17H,7-8,11H2,1-6H3. The molecule has 2 atom stereocenters. The van der Waals surface area contributed by atoms with Gasteiger partial charge in [0.05, 0.1) is 19.6 Å². The summed E-state index contributed by atoms with van der Waals surface area (Å²) in [7, 11) is 1.68. The molecule has 0 aliphatic heterocycles. The molecule has 0 aliphatic carbocycles. The van der Waals surface area contributed by atoms with Crippen LogP contribution in [0.2, 0.25) is 0 Å². The van der Waals surface area contributed by atoms with Gasteiger partial charge in [0.2, 0.25) is 0 Å². The van der Waals surface area contributed by atoms with Crippen LogP contribution in [-0.2, 0) is 9.53 Å². The van der Waals surface area contributed by atoms with E-state index < -0.39 is 0 Å². The number of hydrogen-bond acceptors (Lipinski definition) is 3. The fourth-order valence-electron chi connectivity index (χ4n) is 3.14. The first-order valence-corrected chi connectivity index (χ1v) is 8.16. The Morgan fingerprint density at radius 3 is 2.32 bits per heavy atom. The van der Waals surface area contributed by atoms with Crippen molar-refractivity contribution in [2.75, 3.05) is 13.7 Å². The van der Waals surface area contributed by atoms with Crippen LogP contribution in [0.25, 0.3) is 0 Å². The predicted octanol–water partition coefficient (Wildman–Crippen LogP) is 4.80. The van der Waals surface area contributed by atoms with E-state index in [9.17, 15) is 4.79 Å². The zero-order valence-corrected chi connectivity index (χ0v) is 14.8. The largest absolute Gasteiger partial charge is 0.496 e. The third kappa shape index (κ3) is 4.49. The quantitative estimate of drug-likeness (QED) is 0.678. The van der Waals surface area contributed by atoms with Gasteiger partial charge in [-0.3, -0.25) is 4.79 Å². The van der Waals surface area contributed by atoms with Gasteiger partial charge < -0.3 is 9.47 Å². The molecule has 22 heavy (non-hydrogen) atoms. The van der Waals surface area contributed by atoms with Crippen LogP contribution in [0.1, 0.15) is 58.9 Å². The number of benzene rings is 1. The van der Waals surface area contributed by atoms with Gasteiger partial charge in [-0.05, 0) is 30.4 Å². The van der Waals surface area contributed by atoms with Crippen LogP contribution in [0.5, 0.6) is 5.75 Å². The number of carbonyl (C=O) groups excluding carboxylic acids is 1. The molecule has 0 saturated heterocycles. The molecule has 3 heteroatoms. The lowest BCUT2D eigenvalue weighted by molar-refractivity contribution is -0.153. The minimum atomic E-state index is -0.191. The van der Waals surface area contributed by atoms with Crippen molar-refractivity contribution < 1.29 is 14.3 Å². The molecule has 0 radical (unpaired) electrons. The zero-order valence-electron chi connectivity index (χ0n) is 14.8. The minimum absolute atomic E-state index is 0.0974. The first kappa shape index (κ1) is 18.5. The molecule has 1 aromatic rings. The van der Waals surface area contributed by atoms with Crippen molar-refractivity contribution in [3.8, 4) is 5.75 Å². The second-order valence-electron chi connectivity index (χ2n) is 6.73. The van der Waals surface area contributed by atoms with Gasteiger partial charge in [0.25, 0.3) is 0 Å². The maximum Gasteiger partial charge on any atom is 0.310 e. The molecule has 0 amide bonds. The molecule has 0 aliphatic rings. The van der Waals surface area contributed by atoms with E-state index in [1.807, 2.05) is 25.1 Å². The van der Waals surface area contributed by atoms with Crippen LogP contribution < -0.4 is 4.74 Å². The molecule has 0 saturated carbocycles. The molecule has 124 valence electrons. The Bertz CT molecular complexity index is 474. The molecule has 0 heterocycles. The zero-order chi connectivity index (χ0) is 16.8. The van der Waals surface area contributed by atoms with Crippen LogP contribution in [-0.4, -0.2) is 19.7 Å². The van der Waals surface area contributed by atoms with Crippen LogP contribution in [0, 0.1) is 11.3 Å². The van der Waals surface area contributed by atoms with Crippen LogP contribution in [0.4, 0.5) is 0 Å². The fourth-order valence-corrected chi connectivity index (χ4v) is 3.14. The van der Waals surface area contributed by atoms with E-state index in [1.165, 1.54) is 0 Å².